The van der Waals surface area contributed by atoms with Gasteiger partial charge in [-0.15, -0.1) is 0 Å². The number of allylic oxidation sites excluding steroid dienone is 1. The zero-order chi connectivity index (χ0) is 22.5. The average Bonchev–Trinajstić information content (AvgIpc) is 3.02. The van der Waals surface area contributed by atoms with Crippen molar-refractivity contribution in [1.29, 1.82) is 5.26 Å². The standard InChI is InChI=1S/C23H19N3O5/c1-14(25)18(12-24)20(27)13-31-23(30)19(11-15-7-3-2-4-8-15)26-21(28)16-9-5-6-10-17(16)22(26)29/h2-10,19H,11,13,25H2,1H3/b18-14+/t19-/m0/s1. The van der Waals surface area contributed by atoms with E-state index in [4.69, 9.17) is 15.7 Å². The zero-order valence-corrected chi connectivity index (χ0v) is 16.7. The number of nitriles is 1. The molecule has 8 nitrogen and oxygen atoms in total. The van der Waals surface area contributed by atoms with Crippen LogP contribution in [0.3, 0.4) is 0 Å². The van der Waals surface area contributed by atoms with Gasteiger partial charge in [0, 0.05) is 12.1 Å². The Bertz CT molecular complexity index is 1090. The number of amides is 2. The topological polar surface area (TPSA) is 131 Å². The number of ether oxygens (including phenoxy) is 1. The van der Waals surface area contributed by atoms with Crippen LogP contribution in [0.2, 0.25) is 0 Å². The minimum absolute atomic E-state index is 0.00438. The summed E-state index contributed by atoms with van der Waals surface area (Å²) in [6.07, 6.45) is 0.0101. The number of fused-ring (bicyclic) bond motifs is 1. The maximum atomic E-state index is 12.9. The van der Waals surface area contributed by atoms with E-state index in [0.29, 0.717) is 5.56 Å². The van der Waals surface area contributed by atoms with Crippen molar-refractivity contribution in [3.8, 4) is 6.07 Å². The Labute approximate surface area is 178 Å². The predicted molar refractivity (Wildman–Crippen MR) is 109 cm³/mol. The number of carbonyl (C=O) groups excluding carboxylic acids is 4. The lowest BCUT2D eigenvalue weighted by Gasteiger charge is -2.24. The first-order valence-corrected chi connectivity index (χ1v) is 9.42. The minimum atomic E-state index is -1.28. The summed E-state index contributed by atoms with van der Waals surface area (Å²) in [5.74, 6) is -2.92. The molecular weight excluding hydrogens is 398 g/mol. The Morgan fingerprint density at radius 1 is 1.03 bits per heavy atom. The zero-order valence-electron chi connectivity index (χ0n) is 16.7. The summed E-state index contributed by atoms with van der Waals surface area (Å²) >= 11 is 0. The van der Waals surface area contributed by atoms with Crippen LogP contribution in [0, 0.1) is 11.3 Å². The van der Waals surface area contributed by atoms with Gasteiger partial charge in [0.25, 0.3) is 11.8 Å². The molecule has 0 unspecified atom stereocenters. The summed E-state index contributed by atoms with van der Waals surface area (Å²) in [5.41, 5.74) is 6.28. The number of imide groups is 1. The van der Waals surface area contributed by atoms with Crippen molar-refractivity contribution in [2.45, 2.75) is 19.4 Å². The third kappa shape index (κ3) is 4.36. The lowest BCUT2D eigenvalue weighted by atomic mass is 10.0. The van der Waals surface area contributed by atoms with Crippen LogP contribution >= 0.6 is 0 Å². The van der Waals surface area contributed by atoms with Crippen LogP contribution in [0.1, 0.15) is 33.2 Å². The van der Waals surface area contributed by atoms with Crippen molar-refractivity contribution < 1.29 is 23.9 Å². The molecule has 0 saturated heterocycles. The molecule has 1 aliphatic heterocycles. The van der Waals surface area contributed by atoms with Crippen LogP contribution in [-0.4, -0.2) is 41.1 Å². The first-order valence-electron chi connectivity index (χ1n) is 9.42. The van der Waals surface area contributed by atoms with Gasteiger partial charge in [0.15, 0.2) is 6.61 Å². The molecule has 156 valence electrons. The van der Waals surface area contributed by atoms with Gasteiger partial charge in [-0.2, -0.15) is 5.26 Å². The molecule has 0 spiro atoms. The second-order valence-electron chi connectivity index (χ2n) is 6.93. The second-order valence-corrected chi connectivity index (χ2v) is 6.93. The lowest BCUT2D eigenvalue weighted by Crippen LogP contribution is -2.47. The number of esters is 1. The third-order valence-electron chi connectivity index (χ3n) is 4.81. The molecule has 2 N–H and O–H groups in total. The fraction of sp³-hybridized carbons (Fsp3) is 0.174. The molecule has 0 bridgehead atoms. The molecule has 1 aliphatic rings. The highest BCUT2D eigenvalue weighted by Crippen LogP contribution is 2.26. The van der Waals surface area contributed by atoms with Gasteiger partial charge in [-0.3, -0.25) is 19.3 Å². The molecule has 1 heterocycles. The Kier molecular flexibility index (Phi) is 6.26. The van der Waals surface area contributed by atoms with Gasteiger partial charge in [0.1, 0.15) is 17.7 Å². The molecule has 0 aliphatic carbocycles. The first-order chi connectivity index (χ1) is 14.8. The van der Waals surface area contributed by atoms with Crippen LogP contribution in [0.25, 0.3) is 0 Å². The molecular formula is C23H19N3O5. The molecule has 2 aromatic carbocycles. The molecule has 0 radical (unpaired) electrons. The number of benzene rings is 2. The number of Topliss-reactive ketones (excluding diaryl/α,β-unsaturated/α-hetero) is 1. The highest BCUT2D eigenvalue weighted by molar-refractivity contribution is 6.22. The van der Waals surface area contributed by atoms with Crippen molar-refractivity contribution >= 4 is 23.6 Å². The fourth-order valence-corrected chi connectivity index (χ4v) is 3.28. The van der Waals surface area contributed by atoms with Gasteiger partial charge in [0.05, 0.1) is 11.1 Å². The fourth-order valence-electron chi connectivity index (χ4n) is 3.28. The highest BCUT2D eigenvalue weighted by Gasteiger charge is 2.43. The van der Waals surface area contributed by atoms with Gasteiger partial charge >= 0.3 is 5.97 Å². The molecule has 2 aromatic rings. The smallest absolute Gasteiger partial charge is 0.330 e. The Morgan fingerprint density at radius 3 is 2.10 bits per heavy atom. The number of nitrogens with zero attached hydrogens (tertiary/aromatic N) is 2. The van der Waals surface area contributed by atoms with Crippen LogP contribution in [-0.2, 0) is 20.7 Å². The number of carbonyl (C=O) groups is 4. The number of hydrogen-bond acceptors (Lipinski definition) is 7. The summed E-state index contributed by atoms with van der Waals surface area (Å²) in [6.45, 7) is 0.653. The van der Waals surface area contributed by atoms with E-state index in [-0.39, 0.29) is 28.8 Å². The van der Waals surface area contributed by atoms with Crippen molar-refractivity contribution in [1.82, 2.24) is 4.90 Å². The first kappa shape index (κ1) is 21.5. The van der Waals surface area contributed by atoms with E-state index in [1.807, 2.05) is 0 Å². The third-order valence-corrected chi connectivity index (χ3v) is 4.81. The van der Waals surface area contributed by atoms with E-state index in [2.05, 4.69) is 0 Å². The average molecular weight is 417 g/mol. The van der Waals surface area contributed by atoms with Gasteiger partial charge < -0.3 is 10.5 Å². The summed E-state index contributed by atoms with van der Waals surface area (Å²) in [5, 5.41) is 9.03. The molecule has 0 aromatic heterocycles. The molecule has 0 fully saturated rings. The van der Waals surface area contributed by atoms with Crippen molar-refractivity contribution in [2.75, 3.05) is 6.61 Å². The Balaban J connectivity index is 1.87. The van der Waals surface area contributed by atoms with E-state index >= 15 is 0 Å². The van der Waals surface area contributed by atoms with Crippen molar-refractivity contribution in [2.24, 2.45) is 5.73 Å². The molecule has 8 heteroatoms. The Hall–Kier alpha value is -4.25. The second kappa shape index (κ2) is 9.05. The largest absolute Gasteiger partial charge is 0.456 e. The molecule has 0 saturated carbocycles. The van der Waals surface area contributed by atoms with Crippen LogP contribution in [0.15, 0.2) is 65.9 Å². The summed E-state index contributed by atoms with van der Waals surface area (Å²) in [6, 6.07) is 15.5. The number of rotatable bonds is 7. The Morgan fingerprint density at radius 2 is 1.58 bits per heavy atom. The minimum Gasteiger partial charge on any atom is -0.456 e. The number of ketones is 1. The van der Waals surface area contributed by atoms with E-state index in [9.17, 15) is 19.2 Å². The van der Waals surface area contributed by atoms with Gasteiger partial charge in [0.2, 0.25) is 5.78 Å². The van der Waals surface area contributed by atoms with Crippen molar-refractivity contribution in [3.05, 3.63) is 82.6 Å². The van der Waals surface area contributed by atoms with E-state index in [1.165, 1.54) is 19.1 Å². The molecule has 3 rings (SSSR count). The van der Waals surface area contributed by atoms with E-state index < -0.39 is 36.2 Å². The molecule has 31 heavy (non-hydrogen) atoms. The monoisotopic (exact) mass is 417 g/mol. The summed E-state index contributed by atoms with van der Waals surface area (Å²) in [4.78, 5) is 51.7. The number of hydrogen-bond donors (Lipinski definition) is 1. The quantitative estimate of drug-likeness (QED) is 0.314. The maximum absolute atomic E-state index is 12.9. The lowest BCUT2D eigenvalue weighted by molar-refractivity contribution is -0.151. The van der Waals surface area contributed by atoms with Crippen LogP contribution in [0.4, 0.5) is 0 Å². The van der Waals surface area contributed by atoms with Crippen LogP contribution in [0.5, 0.6) is 0 Å². The van der Waals surface area contributed by atoms with Gasteiger partial charge in [-0.25, -0.2) is 4.79 Å². The van der Waals surface area contributed by atoms with E-state index in [0.717, 1.165) is 4.90 Å². The maximum Gasteiger partial charge on any atom is 0.330 e. The molecule has 2 amide bonds. The van der Waals surface area contributed by atoms with Crippen molar-refractivity contribution in [3.63, 3.8) is 0 Å². The van der Waals surface area contributed by atoms with Crippen LogP contribution < -0.4 is 5.73 Å². The molecule has 1 atom stereocenters. The summed E-state index contributed by atoms with van der Waals surface area (Å²) < 4.78 is 5.10. The van der Waals surface area contributed by atoms with Gasteiger partial charge in [-0.05, 0) is 24.6 Å². The van der Waals surface area contributed by atoms with Gasteiger partial charge in [-0.1, -0.05) is 42.5 Å². The number of nitrogens with two attached hydrogens (primary N) is 1. The normalized spacial score (nSPS) is 14.4. The van der Waals surface area contributed by atoms with E-state index in [1.54, 1.807) is 48.5 Å². The summed E-state index contributed by atoms with van der Waals surface area (Å²) in [7, 11) is 0. The predicted octanol–water partition coefficient (Wildman–Crippen LogP) is 1.76. The highest BCUT2D eigenvalue weighted by atomic mass is 16.5. The SMILES string of the molecule is C/C(N)=C(/C#N)C(=O)COC(=O)[C@H](Cc1ccccc1)N1C(=O)c2ccccc2C1=O.